The van der Waals surface area contributed by atoms with Crippen LogP contribution in [0.2, 0.25) is 0 Å². The van der Waals surface area contributed by atoms with Crippen molar-refractivity contribution in [2.24, 2.45) is 0 Å². The molecule has 0 aliphatic carbocycles. The lowest BCUT2D eigenvalue weighted by Crippen LogP contribution is -2.52. The number of hydrogen-bond acceptors (Lipinski definition) is 4. The fourth-order valence-corrected chi connectivity index (χ4v) is 5.29. The number of nitrogens with one attached hydrogen (secondary N) is 1. The Balaban J connectivity index is 2.00. The third kappa shape index (κ3) is 7.20. The van der Waals surface area contributed by atoms with Crippen molar-refractivity contribution in [1.29, 1.82) is 0 Å². The number of aryl methyl sites for hydroxylation is 1. The van der Waals surface area contributed by atoms with Gasteiger partial charge in [-0.1, -0.05) is 67.6 Å². The van der Waals surface area contributed by atoms with Crippen molar-refractivity contribution < 1.29 is 18.0 Å². The molecule has 0 spiro atoms. The van der Waals surface area contributed by atoms with E-state index in [2.05, 4.69) is 5.32 Å². The second-order valence-corrected chi connectivity index (χ2v) is 11.0. The largest absolute Gasteiger partial charge is 0.352 e. The molecule has 2 amide bonds. The van der Waals surface area contributed by atoms with Gasteiger partial charge in [0.1, 0.15) is 12.6 Å². The lowest BCUT2D eigenvalue weighted by molar-refractivity contribution is -0.139. The quantitative estimate of drug-likeness (QED) is 0.402. The molecule has 2 atom stereocenters. The Labute approximate surface area is 220 Å². The van der Waals surface area contributed by atoms with E-state index in [0.717, 1.165) is 21.9 Å². The lowest BCUT2D eigenvalue weighted by atomic mass is 10.1. The molecule has 0 fully saturated rings. The molecule has 37 heavy (non-hydrogen) atoms. The molecule has 1 N–H and O–H groups in total. The van der Waals surface area contributed by atoms with Gasteiger partial charge in [-0.2, -0.15) is 0 Å². The number of anilines is 1. The Bertz CT molecular complexity index is 1300. The summed E-state index contributed by atoms with van der Waals surface area (Å²) in [6, 6.07) is 23.5. The van der Waals surface area contributed by atoms with Crippen LogP contribution >= 0.6 is 0 Å². The van der Waals surface area contributed by atoms with Crippen molar-refractivity contribution in [2.45, 2.75) is 57.6 Å². The topological polar surface area (TPSA) is 86.8 Å². The van der Waals surface area contributed by atoms with Crippen molar-refractivity contribution in [3.05, 3.63) is 96.1 Å². The van der Waals surface area contributed by atoms with Crippen LogP contribution in [0.5, 0.6) is 0 Å². The number of carbonyl (C=O) groups excluding carboxylic acids is 2. The van der Waals surface area contributed by atoms with Crippen LogP contribution < -0.4 is 9.62 Å². The van der Waals surface area contributed by atoms with E-state index in [1.165, 1.54) is 17.0 Å². The molecule has 0 aliphatic heterocycles. The molecule has 3 rings (SSSR count). The Morgan fingerprint density at radius 1 is 0.892 bits per heavy atom. The Morgan fingerprint density at radius 2 is 1.51 bits per heavy atom. The maximum atomic E-state index is 13.8. The Kier molecular flexibility index (Phi) is 9.47. The first kappa shape index (κ1) is 27.9. The van der Waals surface area contributed by atoms with E-state index in [-0.39, 0.29) is 23.4 Å². The van der Waals surface area contributed by atoms with Gasteiger partial charge in [0, 0.05) is 12.6 Å². The second-order valence-electron chi connectivity index (χ2n) is 9.16. The minimum atomic E-state index is -4.06. The third-order valence-electron chi connectivity index (χ3n) is 6.26. The van der Waals surface area contributed by atoms with Crippen molar-refractivity contribution in [3.8, 4) is 0 Å². The monoisotopic (exact) mass is 521 g/mol. The maximum Gasteiger partial charge on any atom is 0.264 e. The van der Waals surface area contributed by atoms with Gasteiger partial charge in [-0.15, -0.1) is 0 Å². The van der Waals surface area contributed by atoms with E-state index >= 15 is 0 Å². The van der Waals surface area contributed by atoms with Crippen molar-refractivity contribution >= 4 is 27.5 Å². The molecular formula is C29H35N3O4S. The summed E-state index contributed by atoms with van der Waals surface area (Å²) in [5.74, 6) is -0.761. The predicted octanol–water partition coefficient (Wildman–Crippen LogP) is 4.52. The standard InChI is InChI=1S/C29H35N3O4S/c1-5-23(3)30-29(34)24(4)31(20-25-14-8-6-9-15-25)28(33)21-32(26-16-12-13-22(2)19-26)37(35,36)27-17-10-7-11-18-27/h6-19,23-24H,5,20-21H2,1-4H3,(H,30,34)/t23-,24-/m0/s1. The number of rotatable bonds is 11. The zero-order chi connectivity index (χ0) is 27.0. The first-order chi connectivity index (χ1) is 17.6. The van der Waals surface area contributed by atoms with Gasteiger partial charge in [-0.25, -0.2) is 8.42 Å². The average molecular weight is 522 g/mol. The number of amides is 2. The summed E-state index contributed by atoms with van der Waals surface area (Å²) in [6.45, 7) is 7.12. The smallest absolute Gasteiger partial charge is 0.264 e. The maximum absolute atomic E-state index is 13.8. The fourth-order valence-electron chi connectivity index (χ4n) is 3.86. The van der Waals surface area contributed by atoms with E-state index in [1.807, 2.05) is 57.2 Å². The molecule has 3 aromatic rings. The van der Waals surface area contributed by atoms with Gasteiger partial charge >= 0.3 is 0 Å². The highest BCUT2D eigenvalue weighted by atomic mass is 32.2. The average Bonchev–Trinajstić information content (AvgIpc) is 2.90. The molecule has 3 aromatic carbocycles. The van der Waals surface area contributed by atoms with Gasteiger partial charge in [0.25, 0.3) is 10.0 Å². The number of hydrogen-bond donors (Lipinski definition) is 1. The summed E-state index contributed by atoms with van der Waals surface area (Å²) < 4.78 is 28.6. The Morgan fingerprint density at radius 3 is 2.11 bits per heavy atom. The highest BCUT2D eigenvalue weighted by Gasteiger charge is 2.32. The van der Waals surface area contributed by atoms with Crippen molar-refractivity contribution in [3.63, 3.8) is 0 Å². The molecule has 0 saturated carbocycles. The summed E-state index contributed by atoms with van der Waals surface area (Å²) in [5.41, 5.74) is 2.08. The van der Waals surface area contributed by atoms with Crippen LogP contribution in [0.1, 0.15) is 38.3 Å². The molecule has 0 heterocycles. The molecule has 0 saturated heterocycles. The minimum absolute atomic E-state index is 0.0501. The zero-order valence-electron chi connectivity index (χ0n) is 21.8. The van der Waals surface area contributed by atoms with E-state index in [0.29, 0.717) is 5.69 Å². The van der Waals surface area contributed by atoms with Crippen LogP contribution in [0.25, 0.3) is 0 Å². The first-order valence-corrected chi connectivity index (χ1v) is 13.9. The van der Waals surface area contributed by atoms with E-state index in [9.17, 15) is 18.0 Å². The lowest BCUT2D eigenvalue weighted by Gasteiger charge is -2.32. The van der Waals surface area contributed by atoms with E-state index < -0.39 is 28.5 Å². The summed E-state index contributed by atoms with van der Waals surface area (Å²) in [4.78, 5) is 28.4. The van der Waals surface area contributed by atoms with Crippen LogP contribution in [-0.4, -0.2) is 43.8 Å². The van der Waals surface area contributed by atoms with Gasteiger partial charge in [-0.05, 0) is 62.6 Å². The van der Waals surface area contributed by atoms with Gasteiger partial charge in [0.2, 0.25) is 11.8 Å². The normalized spacial score (nSPS) is 12.9. The minimum Gasteiger partial charge on any atom is -0.352 e. The molecule has 7 nitrogen and oxygen atoms in total. The second kappa shape index (κ2) is 12.5. The van der Waals surface area contributed by atoms with Crippen LogP contribution in [0.3, 0.4) is 0 Å². The molecule has 0 bridgehead atoms. The molecule has 8 heteroatoms. The zero-order valence-corrected chi connectivity index (χ0v) is 22.6. The summed E-state index contributed by atoms with van der Waals surface area (Å²) in [7, 11) is -4.06. The molecule has 0 radical (unpaired) electrons. The number of benzene rings is 3. The highest BCUT2D eigenvalue weighted by molar-refractivity contribution is 7.92. The Hall–Kier alpha value is -3.65. The van der Waals surface area contributed by atoms with Gasteiger partial charge in [0.05, 0.1) is 10.6 Å². The summed E-state index contributed by atoms with van der Waals surface area (Å²) in [5, 5.41) is 2.93. The molecule has 0 aliphatic rings. The van der Waals surface area contributed by atoms with Crippen LogP contribution in [0.15, 0.2) is 89.8 Å². The summed E-state index contributed by atoms with van der Waals surface area (Å²) in [6.07, 6.45) is 0.752. The van der Waals surface area contributed by atoms with Gasteiger partial charge < -0.3 is 10.2 Å². The number of carbonyl (C=O) groups is 2. The van der Waals surface area contributed by atoms with Gasteiger partial charge in [-0.3, -0.25) is 13.9 Å². The summed E-state index contributed by atoms with van der Waals surface area (Å²) >= 11 is 0. The van der Waals surface area contributed by atoms with Crippen molar-refractivity contribution in [1.82, 2.24) is 10.2 Å². The molecule has 0 unspecified atom stereocenters. The number of sulfonamides is 1. The fraction of sp³-hybridized carbons (Fsp3) is 0.310. The van der Waals surface area contributed by atoms with Crippen LogP contribution in [0, 0.1) is 6.92 Å². The van der Waals surface area contributed by atoms with Crippen LogP contribution in [-0.2, 0) is 26.2 Å². The first-order valence-electron chi connectivity index (χ1n) is 12.4. The number of nitrogens with zero attached hydrogens (tertiary/aromatic N) is 2. The van der Waals surface area contributed by atoms with Crippen LogP contribution in [0.4, 0.5) is 5.69 Å². The van der Waals surface area contributed by atoms with E-state index in [4.69, 9.17) is 0 Å². The van der Waals surface area contributed by atoms with Crippen molar-refractivity contribution in [2.75, 3.05) is 10.8 Å². The highest BCUT2D eigenvalue weighted by Crippen LogP contribution is 2.25. The van der Waals surface area contributed by atoms with Gasteiger partial charge in [0.15, 0.2) is 0 Å². The van der Waals surface area contributed by atoms with E-state index in [1.54, 1.807) is 43.3 Å². The third-order valence-corrected chi connectivity index (χ3v) is 8.05. The molecule has 196 valence electrons. The predicted molar refractivity (Wildman–Crippen MR) is 147 cm³/mol. The SMILES string of the molecule is CC[C@H](C)NC(=O)[C@H](C)N(Cc1ccccc1)C(=O)CN(c1cccc(C)c1)S(=O)(=O)c1ccccc1. The molecule has 0 aromatic heterocycles. The molecular weight excluding hydrogens is 486 g/mol.